The van der Waals surface area contributed by atoms with Gasteiger partial charge in [-0.3, -0.25) is 9.59 Å². The van der Waals surface area contributed by atoms with E-state index >= 15 is 0 Å². The first-order chi connectivity index (χ1) is 11.3. The summed E-state index contributed by atoms with van der Waals surface area (Å²) in [6.45, 7) is 7.07. The van der Waals surface area contributed by atoms with E-state index in [1.54, 1.807) is 19.9 Å². The summed E-state index contributed by atoms with van der Waals surface area (Å²) in [6, 6.07) is 4.48. The molecule has 128 valence electrons. The van der Waals surface area contributed by atoms with Crippen molar-refractivity contribution in [2.24, 2.45) is 0 Å². The Hall–Kier alpha value is -2.70. The van der Waals surface area contributed by atoms with Crippen molar-refractivity contribution in [1.29, 1.82) is 0 Å². The van der Waals surface area contributed by atoms with Crippen LogP contribution in [0.2, 0.25) is 0 Å². The topological polar surface area (TPSA) is 84.1 Å². The normalized spacial score (nSPS) is 10.8. The van der Waals surface area contributed by atoms with Crippen LogP contribution in [0.5, 0.6) is 5.75 Å². The van der Waals surface area contributed by atoms with Crippen LogP contribution in [0.4, 0.5) is 4.39 Å². The zero-order chi connectivity index (χ0) is 17.9. The van der Waals surface area contributed by atoms with Gasteiger partial charge in [0.1, 0.15) is 5.56 Å². The maximum Gasteiger partial charge on any atom is 0.277 e. The largest absolute Gasteiger partial charge is 0.488 e. The van der Waals surface area contributed by atoms with E-state index in [9.17, 15) is 14.0 Å². The molecule has 2 rings (SSSR count). The number of hydrogen-bond donors (Lipinski definition) is 2. The van der Waals surface area contributed by atoms with Gasteiger partial charge < -0.3 is 10.1 Å². The predicted molar refractivity (Wildman–Crippen MR) is 87.7 cm³/mol. The van der Waals surface area contributed by atoms with Crippen LogP contribution in [0.1, 0.15) is 41.0 Å². The lowest BCUT2D eigenvalue weighted by Gasteiger charge is -2.12. The first kappa shape index (κ1) is 17.7. The minimum atomic E-state index is -0.553. The first-order valence-corrected chi connectivity index (χ1v) is 7.58. The van der Waals surface area contributed by atoms with Crippen LogP contribution < -0.4 is 15.6 Å². The lowest BCUT2D eigenvalue weighted by molar-refractivity contribution is 0.0948. The van der Waals surface area contributed by atoms with Crippen molar-refractivity contribution >= 4 is 5.91 Å². The van der Waals surface area contributed by atoms with Gasteiger partial charge in [-0.1, -0.05) is 6.07 Å². The molecule has 0 saturated heterocycles. The molecule has 0 fully saturated rings. The molecule has 7 heteroatoms. The van der Waals surface area contributed by atoms with Gasteiger partial charge in [-0.05, 0) is 51.0 Å². The standard InChI is InChI=1S/C17H20FN3O3/c1-9(2)24-14-6-5-12(7-13(14)18)8-19-16(22)15-10(3)11(4)20-21-17(15)23/h5-7,9H,8H2,1-4H3,(H,19,22)(H,21,23). The Morgan fingerprint density at radius 2 is 2.08 bits per heavy atom. The number of ether oxygens (including phenoxy) is 1. The molecule has 0 bridgehead atoms. The third kappa shape index (κ3) is 3.98. The summed E-state index contributed by atoms with van der Waals surface area (Å²) in [5, 5.41) is 8.70. The number of hydrogen-bond acceptors (Lipinski definition) is 4. The summed E-state index contributed by atoms with van der Waals surface area (Å²) >= 11 is 0. The fourth-order valence-electron chi connectivity index (χ4n) is 2.17. The summed E-state index contributed by atoms with van der Waals surface area (Å²) in [4.78, 5) is 24.0. The molecule has 0 unspecified atom stereocenters. The minimum absolute atomic E-state index is 0.0164. The summed E-state index contributed by atoms with van der Waals surface area (Å²) in [5.74, 6) is -0.858. The van der Waals surface area contributed by atoms with Crippen LogP contribution in [0.25, 0.3) is 0 Å². The second kappa shape index (κ2) is 7.25. The van der Waals surface area contributed by atoms with E-state index in [0.29, 0.717) is 16.8 Å². The second-order valence-electron chi connectivity index (χ2n) is 5.75. The Balaban J connectivity index is 2.11. The van der Waals surface area contributed by atoms with Crippen LogP contribution in [0, 0.1) is 19.7 Å². The molecule has 2 N–H and O–H groups in total. The van der Waals surface area contributed by atoms with E-state index < -0.39 is 17.3 Å². The third-order valence-corrected chi connectivity index (χ3v) is 3.51. The van der Waals surface area contributed by atoms with E-state index in [2.05, 4.69) is 15.5 Å². The molecule has 1 aromatic heterocycles. The minimum Gasteiger partial charge on any atom is -0.488 e. The van der Waals surface area contributed by atoms with Crippen molar-refractivity contribution in [3.05, 3.63) is 56.8 Å². The van der Waals surface area contributed by atoms with Gasteiger partial charge in [0, 0.05) is 6.54 Å². The molecule has 0 aliphatic carbocycles. The number of benzene rings is 1. The number of nitrogens with zero attached hydrogens (tertiary/aromatic N) is 1. The zero-order valence-electron chi connectivity index (χ0n) is 14.1. The van der Waals surface area contributed by atoms with Gasteiger partial charge in [-0.15, -0.1) is 0 Å². The number of amides is 1. The van der Waals surface area contributed by atoms with Gasteiger partial charge in [-0.2, -0.15) is 5.10 Å². The second-order valence-corrected chi connectivity index (χ2v) is 5.75. The van der Waals surface area contributed by atoms with Crippen LogP contribution in [-0.4, -0.2) is 22.2 Å². The molecule has 2 aromatic rings. The average Bonchev–Trinajstić information content (AvgIpc) is 2.51. The number of nitrogens with one attached hydrogen (secondary N) is 2. The number of carbonyl (C=O) groups is 1. The fraction of sp³-hybridized carbons (Fsp3) is 0.353. The van der Waals surface area contributed by atoms with Gasteiger partial charge in [0.25, 0.3) is 11.5 Å². The molecule has 1 amide bonds. The van der Waals surface area contributed by atoms with Crippen molar-refractivity contribution in [3.8, 4) is 5.75 Å². The molecule has 0 aliphatic rings. The molecule has 0 spiro atoms. The Bertz CT molecular complexity index is 815. The van der Waals surface area contributed by atoms with Crippen molar-refractivity contribution in [2.45, 2.75) is 40.3 Å². The fourth-order valence-corrected chi connectivity index (χ4v) is 2.17. The number of aromatic nitrogens is 2. The van der Waals surface area contributed by atoms with Gasteiger partial charge in [0.05, 0.1) is 11.8 Å². The Morgan fingerprint density at radius 1 is 1.38 bits per heavy atom. The van der Waals surface area contributed by atoms with E-state index in [-0.39, 0.29) is 24.0 Å². The zero-order valence-corrected chi connectivity index (χ0v) is 14.1. The quantitative estimate of drug-likeness (QED) is 0.879. The SMILES string of the molecule is Cc1n[nH]c(=O)c(C(=O)NCc2ccc(OC(C)C)c(F)c2)c1C. The molecule has 0 radical (unpaired) electrons. The van der Waals surface area contributed by atoms with Crippen LogP contribution in [0.3, 0.4) is 0 Å². The average molecular weight is 333 g/mol. The lowest BCUT2D eigenvalue weighted by atomic mass is 10.1. The van der Waals surface area contributed by atoms with Gasteiger partial charge in [0.15, 0.2) is 11.6 Å². The summed E-state index contributed by atoms with van der Waals surface area (Å²) in [5.41, 5.74) is 1.12. The van der Waals surface area contributed by atoms with E-state index in [0.717, 1.165) is 0 Å². The molecule has 1 aromatic carbocycles. The highest BCUT2D eigenvalue weighted by molar-refractivity contribution is 5.95. The monoisotopic (exact) mass is 333 g/mol. The smallest absolute Gasteiger partial charge is 0.277 e. The number of H-pyrrole nitrogens is 1. The number of carbonyl (C=O) groups excluding carboxylic acids is 1. The maximum atomic E-state index is 13.9. The highest BCUT2D eigenvalue weighted by atomic mass is 19.1. The number of rotatable bonds is 5. The van der Waals surface area contributed by atoms with Gasteiger partial charge in [0.2, 0.25) is 0 Å². The van der Waals surface area contributed by atoms with Crippen molar-refractivity contribution in [3.63, 3.8) is 0 Å². The van der Waals surface area contributed by atoms with Crippen molar-refractivity contribution in [2.75, 3.05) is 0 Å². The Kier molecular flexibility index (Phi) is 5.33. The molecule has 6 nitrogen and oxygen atoms in total. The summed E-state index contributed by atoms with van der Waals surface area (Å²) < 4.78 is 19.3. The molecule has 0 atom stereocenters. The molecule has 0 aliphatic heterocycles. The van der Waals surface area contributed by atoms with E-state index in [1.807, 2.05) is 13.8 Å². The van der Waals surface area contributed by atoms with Gasteiger partial charge >= 0.3 is 0 Å². The maximum absolute atomic E-state index is 13.9. The first-order valence-electron chi connectivity index (χ1n) is 7.58. The van der Waals surface area contributed by atoms with E-state index in [4.69, 9.17) is 4.74 Å². The molecular weight excluding hydrogens is 313 g/mol. The molecular formula is C17H20FN3O3. The Morgan fingerprint density at radius 3 is 2.71 bits per heavy atom. The van der Waals surface area contributed by atoms with Crippen LogP contribution in [-0.2, 0) is 6.54 Å². The third-order valence-electron chi connectivity index (χ3n) is 3.51. The van der Waals surface area contributed by atoms with Crippen molar-refractivity contribution in [1.82, 2.24) is 15.5 Å². The molecule has 1 heterocycles. The number of halogens is 1. The van der Waals surface area contributed by atoms with E-state index in [1.165, 1.54) is 12.1 Å². The number of aromatic amines is 1. The molecule has 0 saturated carbocycles. The summed E-state index contributed by atoms with van der Waals surface area (Å²) in [7, 11) is 0. The van der Waals surface area contributed by atoms with Gasteiger partial charge in [-0.25, -0.2) is 9.49 Å². The lowest BCUT2D eigenvalue weighted by Crippen LogP contribution is -2.31. The predicted octanol–water partition coefficient (Wildman–Crippen LogP) is 2.24. The number of aryl methyl sites for hydroxylation is 1. The van der Waals surface area contributed by atoms with Crippen LogP contribution in [0.15, 0.2) is 23.0 Å². The summed E-state index contributed by atoms with van der Waals surface area (Å²) in [6.07, 6.45) is -0.130. The van der Waals surface area contributed by atoms with Crippen molar-refractivity contribution < 1.29 is 13.9 Å². The van der Waals surface area contributed by atoms with Crippen LogP contribution >= 0.6 is 0 Å². The highest BCUT2D eigenvalue weighted by Gasteiger charge is 2.16. The highest BCUT2D eigenvalue weighted by Crippen LogP contribution is 2.19. The Labute approximate surface area is 139 Å². The molecule has 24 heavy (non-hydrogen) atoms.